The van der Waals surface area contributed by atoms with Crippen molar-refractivity contribution in [2.75, 3.05) is 38.1 Å². The number of ether oxygens (including phenoxy) is 1. The second kappa shape index (κ2) is 9.34. The molecule has 0 radical (unpaired) electrons. The maximum Gasteiger partial charge on any atom is 0.282 e. The van der Waals surface area contributed by atoms with Crippen LogP contribution in [0.4, 0.5) is 11.6 Å². The van der Waals surface area contributed by atoms with Gasteiger partial charge in [0.25, 0.3) is 10.2 Å². The molecule has 1 aliphatic heterocycles. The summed E-state index contributed by atoms with van der Waals surface area (Å²) >= 11 is 0. The SMILES string of the molecule is CCN(CC)S(=O)(=O)N1CCOC(c2cc(Nc3nc(C)cc(C)n3)cc(C)n2)C1. The Balaban J connectivity index is 1.83. The molecule has 164 valence electrons. The Morgan fingerprint density at radius 3 is 2.33 bits per heavy atom. The minimum atomic E-state index is -3.52. The van der Waals surface area contributed by atoms with Gasteiger partial charge in [0.1, 0.15) is 6.10 Å². The van der Waals surface area contributed by atoms with Crippen LogP contribution in [0, 0.1) is 20.8 Å². The van der Waals surface area contributed by atoms with Gasteiger partial charge < -0.3 is 10.1 Å². The van der Waals surface area contributed by atoms with Gasteiger partial charge >= 0.3 is 0 Å². The molecule has 30 heavy (non-hydrogen) atoms. The molecule has 0 aromatic carbocycles. The Kier molecular flexibility index (Phi) is 7.02. The van der Waals surface area contributed by atoms with Gasteiger partial charge in [-0.05, 0) is 39.0 Å². The Labute approximate surface area is 178 Å². The van der Waals surface area contributed by atoms with E-state index in [9.17, 15) is 8.42 Å². The summed E-state index contributed by atoms with van der Waals surface area (Å²) in [5, 5.41) is 3.23. The molecular formula is C20H30N6O3S. The minimum Gasteiger partial charge on any atom is -0.369 e. The van der Waals surface area contributed by atoms with Crippen molar-refractivity contribution in [2.24, 2.45) is 0 Å². The zero-order valence-corrected chi connectivity index (χ0v) is 19.0. The maximum atomic E-state index is 12.9. The van der Waals surface area contributed by atoms with Gasteiger partial charge in [-0.1, -0.05) is 13.8 Å². The molecule has 1 N–H and O–H groups in total. The average Bonchev–Trinajstić information content (AvgIpc) is 2.67. The van der Waals surface area contributed by atoms with E-state index < -0.39 is 16.3 Å². The number of nitrogens with one attached hydrogen (secondary N) is 1. The zero-order chi connectivity index (χ0) is 21.9. The fourth-order valence-electron chi connectivity index (χ4n) is 3.57. The molecule has 0 bridgehead atoms. The summed E-state index contributed by atoms with van der Waals surface area (Å²) in [5.41, 5.74) is 4.02. The van der Waals surface area contributed by atoms with E-state index >= 15 is 0 Å². The molecule has 1 aliphatic rings. The van der Waals surface area contributed by atoms with Crippen molar-refractivity contribution in [3.63, 3.8) is 0 Å². The summed E-state index contributed by atoms with van der Waals surface area (Å²) in [7, 11) is -3.52. The Hall–Kier alpha value is -2.14. The Morgan fingerprint density at radius 2 is 1.70 bits per heavy atom. The summed E-state index contributed by atoms with van der Waals surface area (Å²) in [6.07, 6.45) is -0.440. The highest BCUT2D eigenvalue weighted by atomic mass is 32.2. The Bertz CT molecular complexity index is 974. The van der Waals surface area contributed by atoms with Gasteiger partial charge in [0, 0.05) is 48.9 Å². The van der Waals surface area contributed by atoms with E-state index in [1.54, 1.807) is 0 Å². The average molecular weight is 435 g/mol. The first-order valence-electron chi connectivity index (χ1n) is 10.2. The monoisotopic (exact) mass is 434 g/mol. The molecule has 1 fully saturated rings. The van der Waals surface area contributed by atoms with Gasteiger partial charge in [0.05, 0.1) is 12.3 Å². The highest BCUT2D eigenvalue weighted by molar-refractivity contribution is 7.86. The second-order valence-corrected chi connectivity index (χ2v) is 9.26. The van der Waals surface area contributed by atoms with E-state index in [2.05, 4.69) is 20.3 Å². The molecule has 0 spiro atoms. The van der Waals surface area contributed by atoms with Crippen molar-refractivity contribution in [2.45, 2.75) is 40.7 Å². The molecular weight excluding hydrogens is 404 g/mol. The summed E-state index contributed by atoms with van der Waals surface area (Å²) in [5.74, 6) is 0.513. The number of pyridine rings is 1. The summed E-state index contributed by atoms with van der Waals surface area (Å²) in [4.78, 5) is 13.4. The summed E-state index contributed by atoms with van der Waals surface area (Å²) < 4.78 is 34.7. The van der Waals surface area contributed by atoms with Crippen molar-refractivity contribution < 1.29 is 13.2 Å². The predicted octanol–water partition coefficient (Wildman–Crippen LogP) is 2.50. The van der Waals surface area contributed by atoms with Gasteiger partial charge in [-0.3, -0.25) is 4.98 Å². The standard InChI is InChI=1S/C20H30N6O3S/c1-6-25(7-2)30(27,28)26-8-9-29-19(13-26)18-12-17(11-16(5)21-18)24-20-22-14(3)10-15(4)23-20/h10-12,19H,6-9,13H2,1-5H3,(H,21,22,23,24). The van der Waals surface area contributed by atoms with Crippen molar-refractivity contribution in [3.05, 3.63) is 41.0 Å². The van der Waals surface area contributed by atoms with Crippen molar-refractivity contribution in [1.82, 2.24) is 23.6 Å². The molecule has 0 aliphatic carbocycles. The molecule has 3 heterocycles. The topological polar surface area (TPSA) is 101 Å². The van der Waals surface area contributed by atoms with Crippen LogP contribution in [-0.2, 0) is 14.9 Å². The Morgan fingerprint density at radius 1 is 1.07 bits per heavy atom. The number of morpholine rings is 1. The number of aryl methyl sites for hydroxylation is 3. The van der Waals surface area contributed by atoms with Gasteiger partial charge in [-0.2, -0.15) is 17.0 Å². The number of aromatic nitrogens is 3. The fourth-order valence-corrected chi connectivity index (χ4v) is 5.18. The lowest BCUT2D eigenvalue weighted by atomic mass is 10.1. The largest absolute Gasteiger partial charge is 0.369 e. The third-order valence-corrected chi connectivity index (χ3v) is 7.08. The summed E-state index contributed by atoms with van der Waals surface area (Å²) in [6, 6.07) is 5.68. The lowest BCUT2D eigenvalue weighted by Gasteiger charge is -2.35. The molecule has 2 aromatic rings. The van der Waals surface area contributed by atoms with Gasteiger partial charge in [-0.25, -0.2) is 9.97 Å². The number of hydrogen-bond donors (Lipinski definition) is 1. The molecule has 3 rings (SSSR count). The van der Waals surface area contributed by atoms with Crippen molar-refractivity contribution >= 4 is 21.8 Å². The van der Waals surface area contributed by atoms with Crippen LogP contribution in [0.15, 0.2) is 18.2 Å². The maximum absolute atomic E-state index is 12.9. The normalized spacial score (nSPS) is 18.0. The van der Waals surface area contributed by atoms with Crippen molar-refractivity contribution in [1.29, 1.82) is 0 Å². The number of hydrogen-bond acceptors (Lipinski definition) is 7. The molecule has 2 aromatic heterocycles. The zero-order valence-electron chi connectivity index (χ0n) is 18.2. The third-order valence-electron chi connectivity index (χ3n) is 4.93. The highest BCUT2D eigenvalue weighted by Gasteiger charge is 2.34. The third kappa shape index (κ3) is 5.12. The summed E-state index contributed by atoms with van der Waals surface area (Å²) in [6.45, 7) is 11.2. The smallest absolute Gasteiger partial charge is 0.282 e. The van der Waals surface area contributed by atoms with Crippen LogP contribution in [0.2, 0.25) is 0 Å². The first-order chi connectivity index (χ1) is 14.2. The number of rotatable bonds is 7. The molecule has 1 saturated heterocycles. The quantitative estimate of drug-likeness (QED) is 0.714. The first-order valence-corrected chi connectivity index (χ1v) is 11.6. The number of anilines is 2. The molecule has 10 heteroatoms. The van der Waals surface area contributed by atoms with Gasteiger partial charge in [0.2, 0.25) is 5.95 Å². The van der Waals surface area contributed by atoms with Crippen LogP contribution in [0.25, 0.3) is 0 Å². The molecule has 0 amide bonds. The first kappa shape index (κ1) is 22.5. The van der Waals surface area contributed by atoms with Crippen LogP contribution in [-0.4, -0.2) is 64.8 Å². The van der Waals surface area contributed by atoms with E-state index in [1.807, 2.05) is 52.8 Å². The molecule has 1 unspecified atom stereocenters. The highest BCUT2D eigenvalue weighted by Crippen LogP contribution is 2.27. The van der Waals surface area contributed by atoms with E-state index in [4.69, 9.17) is 4.74 Å². The second-order valence-electron chi connectivity index (χ2n) is 7.33. The van der Waals surface area contributed by atoms with Crippen LogP contribution >= 0.6 is 0 Å². The lowest BCUT2D eigenvalue weighted by Crippen LogP contribution is -2.49. The van der Waals surface area contributed by atoms with E-state index in [0.29, 0.717) is 37.9 Å². The predicted molar refractivity (Wildman–Crippen MR) is 116 cm³/mol. The van der Waals surface area contributed by atoms with Gasteiger partial charge in [0.15, 0.2) is 0 Å². The van der Waals surface area contributed by atoms with Crippen LogP contribution in [0.1, 0.15) is 42.7 Å². The molecule has 1 atom stereocenters. The van der Waals surface area contributed by atoms with Crippen LogP contribution in [0.5, 0.6) is 0 Å². The van der Waals surface area contributed by atoms with Crippen molar-refractivity contribution in [3.8, 4) is 0 Å². The number of nitrogens with zero attached hydrogens (tertiary/aromatic N) is 5. The van der Waals surface area contributed by atoms with Crippen LogP contribution < -0.4 is 5.32 Å². The molecule has 9 nitrogen and oxygen atoms in total. The van der Waals surface area contributed by atoms with Crippen LogP contribution in [0.3, 0.4) is 0 Å². The fraction of sp³-hybridized carbons (Fsp3) is 0.550. The van der Waals surface area contributed by atoms with E-state index in [1.165, 1.54) is 8.61 Å². The lowest BCUT2D eigenvalue weighted by molar-refractivity contribution is -0.00661. The van der Waals surface area contributed by atoms with E-state index in [-0.39, 0.29) is 6.54 Å². The molecule has 0 saturated carbocycles. The van der Waals surface area contributed by atoms with E-state index in [0.717, 1.165) is 22.8 Å². The minimum absolute atomic E-state index is 0.231. The van der Waals surface area contributed by atoms with Gasteiger partial charge in [-0.15, -0.1) is 0 Å².